The molecule has 4 heterocycles. The van der Waals surface area contributed by atoms with Gasteiger partial charge in [-0.15, -0.1) is 16.9 Å². The summed E-state index contributed by atoms with van der Waals surface area (Å²) in [5, 5.41) is 16.8. The highest BCUT2D eigenvalue weighted by atomic mass is 32.2. The highest BCUT2D eigenvalue weighted by Crippen LogP contribution is 2.56. The minimum atomic E-state index is -0.502. The van der Waals surface area contributed by atoms with Crippen molar-refractivity contribution < 1.29 is 9.59 Å². The lowest BCUT2D eigenvalue weighted by atomic mass is 9.95. The first-order valence-electron chi connectivity index (χ1n) is 8.01. The monoisotopic (exact) mass is 361 g/mol. The molecule has 2 fully saturated rings. The van der Waals surface area contributed by atoms with E-state index in [1.54, 1.807) is 16.7 Å². The number of rotatable bonds is 4. The lowest BCUT2D eigenvalue weighted by molar-refractivity contribution is -0.151. The second kappa shape index (κ2) is 5.58. The number of β-lactam (4-membered cyclic amide) rings is 1. The predicted octanol–water partition coefficient (Wildman–Crippen LogP) is 0.000500. The molecule has 2 aromatic rings. The number of aryl methyl sites for hydroxylation is 1. The zero-order valence-electron chi connectivity index (χ0n) is 14.1. The first-order chi connectivity index (χ1) is 11.9. The Balaban J connectivity index is 1.47. The number of hydrogen-bond donors (Lipinski definition) is 2. The summed E-state index contributed by atoms with van der Waals surface area (Å²) in [6, 6.07) is 3.06. The summed E-state index contributed by atoms with van der Waals surface area (Å²) in [5.41, 5.74) is 0.908. The quantitative estimate of drug-likeness (QED) is 0.742. The van der Waals surface area contributed by atoms with Crippen LogP contribution in [0.4, 0.5) is 0 Å². The Morgan fingerprint density at radius 2 is 2.28 bits per heavy atom. The van der Waals surface area contributed by atoms with Gasteiger partial charge in [-0.3, -0.25) is 9.59 Å². The van der Waals surface area contributed by atoms with Gasteiger partial charge in [0, 0.05) is 23.7 Å². The number of H-pyrrole nitrogens is 1. The molecule has 0 spiro atoms. The van der Waals surface area contributed by atoms with Crippen molar-refractivity contribution in [2.45, 2.75) is 42.5 Å². The molecule has 25 heavy (non-hydrogen) atoms. The molecule has 0 radical (unpaired) electrons. The summed E-state index contributed by atoms with van der Waals surface area (Å²) >= 11 is 1.66. The molecule has 2 amide bonds. The molecule has 132 valence electrons. The first-order valence-corrected chi connectivity index (χ1v) is 8.89. The van der Waals surface area contributed by atoms with E-state index in [1.807, 2.05) is 29.9 Å². The normalized spacial score (nSPS) is 27.1. The Bertz CT molecular complexity index is 816. The average Bonchev–Trinajstić information content (AvgIpc) is 3.25. The smallest absolute Gasteiger partial charge is 0.249 e. The molecule has 2 N–H and O–H groups in total. The Morgan fingerprint density at radius 3 is 2.92 bits per heavy atom. The highest BCUT2D eigenvalue weighted by Gasteiger charge is 2.63. The number of amides is 2. The van der Waals surface area contributed by atoms with E-state index in [0.717, 1.165) is 5.69 Å². The van der Waals surface area contributed by atoms with Gasteiger partial charge in [0.15, 0.2) is 5.82 Å². The van der Waals surface area contributed by atoms with E-state index in [0.29, 0.717) is 5.82 Å². The van der Waals surface area contributed by atoms with Gasteiger partial charge >= 0.3 is 0 Å². The minimum absolute atomic E-state index is 0.0929. The lowest BCUT2D eigenvalue weighted by Crippen LogP contribution is -2.68. The third kappa shape index (κ3) is 2.51. The zero-order valence-corrected chi connectivity index (χ0v) is 14.9. The number of carbonyl (C=O) groups excluding carboxylic acids is 2. The first kappa shape index (κ1) is 16.1. The van der Waals surface area contributed by atoms with Crippen LogP contribution in [0.25, 0.3) is 0 Å². The van der Waals surface area contributed by atoms with Gasteiger partial charge < -0.3 is 14.8 Å². The topological polar surface area (TPSA) is 109 Å². The molecule has 2 aliphatic heterocycles. The van der Waals surface area contributed by atoms with Gasteiger partial charge in [0.1, 0.15) is 17.5 Å². The Kier molecular flexibility index (Phi) is 3.60. The minimum Gasteiger partial charge on any atom is -0.354 e. The van der Waals surface area contributed by atoms with Crippen LogP contribution in [-0.4, -0.2) is 58.1 Å². The van der Waals surface area contributed by atoms with Crippen LogP contribution < -0.4 is 5.32 Å². The molecule has 3 unspecified atom stereocenters. The van der Waals surface area contributed by atoms with Crippen molar-refractivity contribution in [1.29, 1.82) is 0 Å². The fourth-order valence-corrected chi connectivity index (χ4v) is 5.18. The Morgan fingerprint density at radius 1 is 1.48 bits per heavy atom. The molecule has 4 rings (SSSR count). The van der Waals surface area contributed by atoms with E-state index < -0.39 is 6.04 Å². The van der Waals surface area contributed by atoms with Crippen molar-refractivity contribution >= 4 is 23.6 Å². The van der Waals surface area contributed by atoms with E-state index in [2.05, 4.69) is 39.8 Å². The lowest BCUT2D eigenvalue weighted by Gasteiger charge is -2.44. The second-order valence-corrected chi connectivity index (χ2v) is 8.65. The summed E-state index contributed by atoms with van der Waals surface area (Å²) in [7, 11) is 1.89. The molecule has 9 nitrogen and oxygen atoms in total. The molecule has 0 aliphatic carbocycles. The van der Waals surface area contributed by atoms with Gasteiger partial charge in [0.05, 0.1) is 6.42 Å². The van der Waals surface area contributed by atoms with Crippen molar-refractivity contribution in [3.8, 4) is 0 Å². The fraction of sp³-hybridized carbons (Fsp3) is 0.533. The van der Waals surface area contributed by atoms with Crippen LogP contribution in [0, 0.1) is 0 Å². The maximum absolute atomic E-state index is 12.7. The number of nitrogens with one attached hydrogen (secondary N) is 2. The number of tetrazole rings is 1. The van der Waals surface area contributed by atoms with Gasteiger partial charge in [0.25, 0.3) is 0 Å². The number of nitrogens with zero attached hydrogens (tertiary/aromatic N) is 5. The molecular weight excluding hydrogens is 342 g/mol. The van der Waals surface area contributed by atoms with Gasteiger partial charge in [-0.1, -0.05) is 0 Å². The van der Waals surface area contributed by atoms with E-state index >= 15 is 0 Å². The number of hydrogen-bond acceptors (Lipinski definition) is 6. The summed E-state index contributed by atoms with van der Waals surface area (Å²) in [6.07, 6.45) is 2.15. The molecule has 10 heteroatoms. The number of aromatic nitrogens is 5. The fourth-order valence-electron chi connectivity index (χ4n) is 3.54. The SMILES string of the molecule is Cn1cccc1CC(=O)NC1C(=O)N2C1SC(C)(C)C2c1nnn[nH]1. The van der Waals surface area contributed by atoms with Crippen LogP contribution >= 0.6 is 11.8 Å². The van der Waals surface area contributed by atoms with Crippen LogP contribution in [0.5, 0.6) is 0 Å². The molecule has 2 saturated heterocycles. The van der Waals surface area contributed by atoms with E-state index in [1.165, 1.54) is 0 Å². The van der Waals surface area contributed by atoms with Gasteiger partial charge in [-0.2, -0.15) is 0 Å². The Hall–Kier alpha value is -2.36. The van der Waals surface area contributed by atoms with Crippen LogP contribution in [0.1, 0.15) is 31.4 Å². The van der Waals surface area contributed by atoms with Crippen molar-refractivity contribution in [1.82, 2.24) is 35.4 Å². The molecular formula is C15H19N7O2S. The summed E-state index contributed by atoms with van der Waals surface area (Å²) in [5.74, 6) is 0.328. The number of carbonyl (C=O) groups is 2. The van der Waals surface area contributed by atoms with E-state index in [4.69, 9.17) is 0 Å². The van der Waals surface area contributed by atoms with Crippen molar-refractivity contribution in [3.63, 3.8) is 0 Å². The summed E-state index contributed by atoms with van der Waals surface area (Å²) < 4.78 is 1.65. The van der Waals surface area contributed by atoms with E-state index in [-0.39, 0.29) is 34.4 Å². The van der Waals surface area contributed by atoms with Crippen LogP contribution in [0.2, 0.25) is 0 Å². The van der Waals surface area contributed by atoms with Crippen LogP contribution in [-0.2, 0) is 23.1 Å². The summed E-state index contributed by atoms with van der Waals surface area (Å²) in [6.45, 7) is 4.11. The molecule has 2 aliphatic rings. The highest BCUT2D eigenvalue weighted by molar-refractivity contribution is 8.01. The van der Waals surface area contributed by atoms with Crippen molar-refractivity contribution in [3.05, 3.63) is 29.8 Å². The van der Waals surface area contributed by atoms with Crippen LogP contribution in [0.15, 0.2) is 18.3 Å². The zero-order chi connectivity index (χ0) is 17.8. The standard InChI is InChI=1S/C15H19N7O2S/c1-15(2)11(12-17-19-20-18-12)22-13(24)10(14(22)25-15)16-9(23)7-8-5-4-6-21(8)3/h4-6,10-11,14H,7H2,1-3H3,(H,16,23)(H,17,18,19,20). The van der Waals surface area contributed by atoms with E-state index in [9.17, 15) is 9.59 Å². The van der Waals surface area contributed by atoms with Crippen molar-refractivity contribution in [2.75, 3.05) is 0 Å². The van der Waals surface area contributed by atoms with Gasteiger partial charge in [0.2, 0.25) is 11.8 Å². The maximum Gasteiger partial charge on any atom is 0.249 e. The average molecular weight is 361 g/mol. The number of thioether (sulfide) groups is 1. The van der Waals surface area contributed by atoms with Crippen LogP contribution in [0.3, 0.4) is 0 Å². The molecule has 0 saturated carbocycles. The van der Waals surface area contributed by atoms with Crippen molar-refractivity contribution in [2.24, 2.45) is 7.05 Å². The van der Waals surface area contributed by atoms with Gasteiger partial charge in [-0.05, 0) is 36.4 Å². The summed E-state index contributed by atoms with van der Waals surface area (Å²) in [4.78, 5) is 26.7. The second-order valence-electron chi connectivity index (χ2n) is 6.88. The number of aromatic amines is 1. The third-order valence-electron chi connectivity index (χ3n) is 4.77. The molecule has 0 bridgehead atoms. The third-order valence-corrected chi connectivity index (χ3v) is 6.34. The molecule has 2 aromatic heterocycles. The maximum atomic E-state index is 12.7. The Labute approximate surface area is 148 Å². The largest absolute Gasteiger partial charge is 0.354 e. The van der Waals surface area contributed by atoms with Gasteiger partial charge in [-0.25, -0.2) is 5.10 Å². The predicted molar refractivity (Wildman–Crippen MR) is 90.3 cm³/mol. The molecule has 3 atom stereocenters. The number of fused-ring (bicyclic) bond motifs is 1. The molecule has 0 aromatic carbocycles.